The molecule has 1 heterocycles. The van der Waals surface area contributed by atoms with E-state index in [0.29, 0.717) is 5.82 Å². The lowest BCUT2D eigenvalue weighted by atomic mass is 10.2. The molecule has 0 radical (unpaired) electrons. The van der Waals surface area contributed by atoms with Gasteiger partial charge in [0.1, 0.15) is 5.82 Å². The maximum atomic E-state index is 11.1. The maximum absolute atomic E-state index is 11.1. The maximum Gasteiger partial charge on any atom is 0.293 e. The Kier molecular flexibility index (Phi) is 4.27. The molecule has 2 rings (SSSR count). The fourth-order valence-corrected chi connectivity index (χ4v) is 1.13. The first kappa shape index (κ1) is 12.0. The number of aromatic amines is 1. The lowest BCUT2D eigenvalue weighted by molar-refractivity contribution is 0.463. The van der Waals surface area contributed by atoms with Gasteiger partial charge in [-0.15, -0.1) is 0 Å². The summed E-state index contributed by atoms with van der Waals surface area (Å²) in [5.74, 6) is 0.0816. The van der Waals surface area contributed by atoms with Crippen molar-refractivity contribution in [1.29, 1.82) is 0 Å². The van der Waals surface area contributed by atoms with E-state index in [2.05, 4.69) is 9.97 Å². The molecule has 0 atom stereocenters. The molecule has 0 bridgehead atoms. The van der Waals surface area contributed by atoms with E-state index in [0.717, 1.165) is 11.8 Å². The monoisotopic (exact) mass is 218 g/mol. The molecular weight excluding hydrogens is 204 g/mol. The van der Waals surface area contributed by atoms with Crippen LogP contribution in [0.15, 0.2) is 41.3 Å². The van der Waals surface area contributed by atoms with Crippen LogP contribution in [0.2, 0.25) is 0 Å². The van der Waals surface area contributed by atoms with Gasteiger partial charge in [0.05, 0.1) is 6.20 Å². The van der Waals surface area contributed by atoms with E-state index in [9.17, 15) is 4.79 Å². The van der Waals surface area contributed by atoms with Crippen molar-refractivity contribution < 1.29 is 5.11 Å². The molecule has 84 valence electrons. The fraction of sp³-hybridized carbons (Fsp3) is 0.167. The minimum absolute atomic E-state index is 0.371. The molecule has 2 N–H and O–H groups in total. The number of aromatic hydroxyl groups is 1. The van der Waals surface area contributed by atoms with Crippen LogP contribution in [0.25, 0.3) is 11.4 Å². The molecule has 1 aromatic carbocycles. The van der Waals surface area contributed by atoms with Gasteiger partial charge in [-0.05, 0) is 0 Å². The van der Waals surface area contributed by atoms with Crippen LogP contribution in [0.1, 0.15) is 13.8 Å². The van der Waals surface area contributed by atoms with Crippen LogP contribution in [0, 0.1) is 0 Å². The predicted octanol–water partition coefficient (Wildman–Crippen LogP) is 2.17. The molecule has 4 nitrogen and oxygen atoms in total. The molecule has 0 aliphatic rings. The molecule has 0 fully saturated rings. The summed E-state index contributed by atoms with van der Waals surface area (Å²) in [5, 5.41) is 8.98. The lowest BCUT2D eigenvalue weighted by Crippen LogP contribution is -2.07. The van der Waals surface area contributed by atoms with Gasteiger partial charge in [0, 0.05) is 5.56 Å². The van der Waals surface area contributed by atoms with E-state index in [1.165, 1.54) is 0 Å². The third-order valence-electron chi connectivity index (χ3n) is 1.83. The van der Waals surface area contributed by atoms with Crippen molar-refractivity contribution in [2.24, 2.45) is 0 Å². The van der Waals surface area contributed by atoms with Gasteiger partial charge in [0.25, 0.3) is 5.56 Å². The van der Waals surface area contributed by atoms with Gasteiger partial charge >= 0.3 is 0 Å². The molecule has 0 saturated heterocycles. The van der Waals surface area contributed by atoms with E-state index < -0.39 is 5.56 Å². The van der Waals surface area contributed by atoms with Crippen molar-refractivity contribution in [2.75, 3.05) is 0 Å². The highest BCUT2D eigenvalue weighted by atomic mass is 16.3. The van der Waals surface area contributed by atoms with Gasteiger partial charge in [-0.2, -0.15) is 0 Å². The lowest BCUT2D eigenvalue weighted by Gasteiger charge is -1.99. The Balaban J connectivity index is 0.000000606. The van der Waals surface area contributed by atoms with Crippen LogP contribution >= 0.6 is 0 Å². The number of nitrogens with zero attached hydrogens (tertiary/aromatic N) is 1. The Morgan fingerprint density at radius 3 is 2.38 bits per heavy atom. The van der Waals surface area contributed by atoms with Crippen LogP contribution in [0.3, 0.4) is 0 Å². The molecule has 4 heteroatoms. The zero-order valence-corrected chi connectivity index (χ0v) is 9.27. The van der Waals surface area contributed by atoms with E-state index in [-0.39, 0.29) is 5.75 Å². The van der Waals surface area contributed by atoms with Gasteiger partial charge in [0.2, 0.25) is 0 Å². The zero-order valence-electron chi connectivity index (χ0n) is 9.27. The van der Waals surface area contributed by atoms with E-state index in [1.54, 1.807) is 0 Å². The topological polar surface area (TPSA) is 66.0 Å². The van der Waals surface area contributed by atoms with E-state index in [1.807, 2.05) is 44.2 Å². The summed E-state index contributed by atoms with van der Waals surface area (Å²) in [6, 6.07) is 9.23. The van der Waals surface area contributed by atoms with Crippen molar-refractivity contribution in [3.05, 3.63) is 46.9 Å². The Morgan fingerprint density at radius 2 is 1.81 bits per heavy atom. The van der Waals surface area contributed by atoms with Crippen LogP contribution in [0.5, 0.6) is 5.75 Å². The summed E-state index contributed by atoms with van der Waals surface area (Å²) in [6.07, 6.45) is 1.14. The second-order valence-electron chi connectivity index (χ2n) is 2.81. The number of hydrogen-bond donors (Lipinski definition) is 2. The van der Waals surface area contributed by atoms with Gasteiger partial charge in [-0.25, -0.2) is 4.98 Å². The van der Waals surface area contributed by atoms with Gasteiger partial charge < -0.3 is 10.1 Å². The first-order valence-corrected chi connectivity index (χ1v) is 5.11. The minimum atomic E-state index is -0.529. The largest absolute Gasteiger partial charge is 0.502 e. The average molecular weight is 218 g/mol. The standard InChI is InChI=1S/C10H8N2O2.C2H6/c13-8-6-11-9(12-10(8)14)7-4-2-1-3-5-7;1-2/h1-6,13H,(H,11,12,14);1-2H3. The highest BCUT2D eigenvalue weighted by Crippen LogP contribution is 2.12. The zero-order chi connectivity index (χ0) is 12.0. The SMILES string of the molecule is CC.O=c1[nH]c(-c2ccccc2)ncc1O. The highest BCUT2D eigenvalue weighted by Gasteiger charge is 2.01. The fourth-order valence-electron chi connectivity index (χ4n) is 1.13. The molecule has 0 aliphatic heterocycles. The minimum Gasteiger partial charge on any atom is -0.502 e. The number of nitrogens with one attached hydrogen (secondary N) is 1. The molecule has 0 amide bonds. The first-order chi connectivity index (χ1) is 7.77. The smallest absolute Gasteiger partial charge is 0.293 e. The second kappa shape index (κ2) is 5.70. The second-order valence-corrected chi connectivity index (χ2v) is 2.81. The summed E-state index contributed by atoms with van der Waals surface area (Å²) < 4.78 is 0. The molecule has 16 heavy (non-hydrogen) atoms. The van der Waals surface area contributed by atoms with Crippen molar-refractivity contribution in [1.82, 2.24) is 9.97 Å². The van der Waals surface area contributed by atoms with Crippen LogP contribution in [-0.2, 0) is 0 Å². The van der Waals surface area contributed by atoms with Gasteiger partial charge in [0.15, 0.2) is 5.75 Å². The van der Waals surface area contributed by atoms with Crippen molar-refractivity contribution >= 4 is 0 Å². The Labute approximate surface area is 93.6 Å². The molecule has 0 unspecified atom stereocenters. The van der Waals surface area contributed by atoms with Gasteiger partial charge in [-0.1, -0.05) is 44.2 Å². The Hall–Kier alpha value is -2.10. The first-order valence-electron chi connectivity index (χ1n) is 5.11. The average Bonchev–Trinajstić information content (AvgIpc) is 2.36. The summed E-state index contributed by atoms with van der Waals surface area (Å²) in [5.41, 5.74) is 0.281. The number of benzene rings is 1. The van der Waals surface area contributed by atoms with Crippen LogP contribution in [-0.4, -0.2) is 15.1 Å². The number of aromatic nitrogens is 2. The van der Waals surface area contributed by atoms with Crippen molar-refractivity contribution in [3.8, 4) is 17.1 Å². The van der Waals surface area contributed by atoms with Crippen LogP contribution < -0.4 is 5.56 Å². The molecule has 1 aromatic heterocycles. The van der Waals surface area contributed by atoms with Crippen molar-refractivity contribution in [2.45, 2.75) is 13.8 Å². The predicted molar refractivity (Wildman–Crippen MR) is 63.3 cm³/mol. The van der Waals surface area contributed by atoms with Crippen molar-refractivity contribution in [3.63, 3.8) is 0 Å². The van der Waals surface area contributed by atoms with E-state index >= 15 is 0 Å². The van der Waals surface area contributed by atoms with Crippen LogP contribution in [0.4, 0.5) is 0 Å². The molecule has 0 spiro atoms. The molecule has 0 aliphatic carbocycles. The summed E-state index contributed by atoms with van der Waals surface area (Å²) in [7, 11) is 0. The normalized spacial score (nSPS) is 9.12. The number of H-pyrrole nitrogens is 1. The third kappa shape index (κ3) is 2.70. The summed E-state index contributed by atoms with van der Waals surface area (Å²) >= 11 is 0. The quantitative estimate of drug-likeness (QED) is 0.770. The number of rotatable bonds is 1. The third-order valence-corrected chi connectivity index (χ3v) is 1.83. The number of hydrogen-bond acceptors (Lipinski definition) is 3. The van der Waals surface area contributed by atoms with E-state index in [4.69, 9.17) is 5.11 Å². The molecular formula is C12H14N2O2. The Bertz CT molecular complexity index is 492. The Morgan fingerprint density at radius 1 is 1.19 bits per heavy atom. The summed E-state index contributed by atoms with van der Waals surface area (Å²) in [4.78, 5) is 17.4. The molecule has 2 aromatic rings. The van der Waals surface area contributed by atoms with Gasteiger partial charge in [-0.3, -0.25) is 4.79 Å². The molecule has 0 saturated carbocycles. The highest BCUT2D eigenvalue weighted by molar-refractivity contribution is 5.54. The summed E-state index contributed by atoms with van der Waals surface area (Å²) in [6.45, 7) is 4.00.